The average Bonchev–Trinajstić information content (AvgIpc) is 2.32. The van der Waals surface area contributed by atoms with Crippen molar-refractivity contribution in [1.82, 2.24) is 4.98 Å². The molecule has 0 saturated heterocycles. The zero-order valence-corrected chi connectivity index (χ0v) is 9.62. The third-order valence-corrected chi connectivity index (χ3v) is 2.62. The van der Waals surface area contributed by atoms with Gasteiger partial charge in [-0.15, -0.1) is 0 Å². The number of rotatable bonds is 1. The number of nitrogen functional groups attached to an aromatic ring is 1. The molecule has 0 aliphatic heterocycles. The zero-order chi connectivity index (χ0) is 13.3. The minimum atomic E-state index is -4.35. The van der Waals surface area contributed by atoms with Gasteiger partial charge in [-0.25, -0.2) is 4.98 Å². The van der Waals surface area contributed by atoms with Crippen LogP contribution in [0.3, 0.4) is 0 Å². The molecule has 1 aromatic carbocycles. The highest BCUT2D eigenvalue weighted by Gasteiger charge is 2.30. The van der Waals surface area contributed by atoms with E-state index < -0.39 is 11.7 Å². The first-order chi connectivity index (χ1) is 8.38. The van der Waals surface area contributed by atoms with Gasteiger partial charge in [-0.3, -0.25) is 0 Å². The summed E-state index contributed by atoms with van der Waals surface area (Å²) in [6.07, 6.45) is -4.35. The topological polar surface area (TPSA) is 38.9 Å². The normalized spacial score (nSPS) is 11.6. The van der Waals surface area contributed by atoms with Gasteiger partial charge in [0, 0.05) is 5.56 Å². The van der Waals surface area contributed by atoms with Crippen molar-refractivity contribution in [2.24, 2.45) is 0 Å². The van der Waals surface area contributed by atoms with Gasteiger partial charge in [0.25, 0.3) is 0 Å². The van der Waals surface area contributed by atoms with Crippen molar-refractivity contribution in [3.8, 4) is 11.3 Å². The van der Waals surface area contributed by atoms with Gasteiger partial charge in [0.15, 0.2) is 0 Å². The van der Waals surface area contributed by atoms with Crippen LogP contribution in [0.15, 0.2) is 36.4 Å². The summed E-state index contributed by atoms with van der Waals surface area (Å²) >= 11 is 0. The maximum atomic E-state index is 12.6. The lowest BCUT2D eigenvalue weighted by molar-refractivity contribution is -0.137. The molecule has 0 aliphatic carbocycles. The number of nitrogens with two attached hydrogens (primary N) is 1. The number of hydrogen-bond acceptors (Lipinski definition) is 2. The lowest BCUT2D eigenvalue weighted by atomic mass is 10.1. The van der Waals surface area contributed by atoms with Crippen molar-refractivity contribution >= 4 is 5.82 Å². The predicted octanol–water partition coefficient (Wildman–Crippen LogP) is 3.66. The summed E-state index contributed by atoms with van der Waals surface area (Å²) in [5.74, 6) is 0.324. The van der Waals surface area contributed by atoms with Gasteiger partial charge < -0.3 is 5.73 Å². The standard InChI is InChI=1S/C13H11F3N2/c1-8-5-6-11(18-12(8)17)9-3-2-4-10(7-9)13(14,15)16/h2-7H,1H3,(H2,17,18). The van der Waals surface area contributed by atoms with Crippen LogP contribution in [0.4, 0.5) is 19.0 Å². The Morgan fingerprint density at radius 1 is 1.11 bits per heavy atom. The van der Waals surface area contributed by atoms with Crippen LogP contribution < -0.4 is 5.73 Å². The lowest BCUT2D eigenvalue weighted by Crippen LogP contribution is -2.04. The number of nitrogens with zero attached hydrogens (tertiary/aromatic N) is 1. The number of benzene rings is 1. The molecule has 1 aromatic heterocycles. The van der Waals surface area contributed by atoms with Crippen LogP contribution in [0.25, 0.3) is 11.3 Å². The second-order valence-electron chi connectivity index (χ2n) is 3.98. The molecule has 0 fully saturated rings. The van der Waals surface area contributed by atoms with E-state index in [0.29, 0.717) is 17.1 Å². The highest BCUT2D eigenvalue weighted by atomic mass is 19.4. The average molecular weight is 252 g/mol. The smallest absolute Gasteiger partial charge is 0.383 e. The van der Waals surface area contributed by atoms with Crippen molar-refractivity contribution in [3.05, 3.63) is 47.5 Å². The molecule has 0 spiro atoms. The number of alkyl halides is 3. The summed E-state index contributed by atoms with van der Waals surface area (Å²) in [7, 11) is 0. The molecule has 0 bridgehead atoms. The number of anilines is 1. The van der Waals surface area contributed by atoms with E-state index in [4.69, 9.17) is 5.73 Å². The molecule has 0 radical (unpaired) electrons. The van der Waals surface area contributed by atoms with Gasteiger partial charge in [0.05, 0.1) is 11.3 Å². The van der Waals surface area contributed by atoms with Gasteiger partial charge in [-0.2, -0.15) is 13.2 Å². The van der Waals surface area contributed by atoms with Gasteiger partial charge >= 0.3 is 6.18 Å². The first kappa shape index (κ1) is 12.4. The van der Waals surface area contributed by atoms with E-state index in [1.807, 2.05) is 0 Å². The molecule has 0 saturated carbocycles. The van der Waals surface area contributed by atoms with Gasteiger partial charge in [0.1, 0.15) is 5.82 Å². The van der Waals surface area contributed by atoms with Crippen molar-refractivity contribution in [2.45, 2.75) is 13.1 Å². The fourth-order valence-corrected chi connectivity index (χ4v) is 1.56. The van der Waals surface area contributed by atoms with Crippen LogP contribution in [0.2, 0.25) is 0 Å². The molecule has 1 heterocycles. The first-order valence-corrected chi connectivity index (χ1v) is 5.28. The summed E-state index contributed by atoms with van der Waals surface area (Å²) in [4.78, 5) is 4.08. The van der Waals surface area contributed by atoms with Crippen LogP contribution >= 0.6 is 0 Å². The van der Waals surface area contributed by atoms with Crippen molar-refractivity contribution in [2.75, 3.05) is 5.73 Å². The Bertz CT molecular complexity index is 577. The molecule has 0 unspecified atom stereocenters. The third kappa shape index (κ3) is 2.45. The minimum absolute atomic E-state index is 0.324. The summed E-state index contributed by atoms with van der Waals surface area (Å²) in [5, 5.41) is 0. The van der Waals surface area contributed by atoms with Gasteiger partial charge in [-0.05, 0) is 30.7 Å². The first-order valence-electron chi connectivity index (χ1n) is 5.28. The largest absolute Gasteiger partial charge is 0.416 e. The number of aromatic nitrogens is 1. The molecule has 2 N–H and O–H groups in total. The quantitative estimate of drug-likeness (QED) is 0.841. The molecule has 94 valence electrons. The van der Waals surface area contributed by atoms with E-state index in [1.165, 1.54) is 6.07 Å². The Morgan fingerprint density at radius 3 is 2.44 bits per heavy atom. The van der Waals surface area contributed by atoms with Crippen LogP contribution in [-0.2, 0) is 6.18 Å². The second-order valence-corrected chi connectivity index (χ2v) is 3.98. The second kappa shape index (κ2) is 4.33. The molecule has 0 aliphatic rings. The van der Waals surface area contributed by atoms with Gasteiger partial charge in [-0.1, -0.05) is 18.2 Å². The maximum absolute atomic E-state index is 12.6. The number of hydrogen-bond donors (Lipinski definition) is 1. The Balaban J connectivity index is 2.48. The highest BCUT2D eigenvalue weighted by molar-refractivity contribution is 5.63. The molecule has 2 nitrogen and oxygen atoms in total. The Kier molecular flexibility index (Phi) is 2.98. The van der Waals surface area contributed by atoms with E-state index in [2.05, 4.69) is 4.98 Å². The molecule has 0 amide bonds. The number of halogens is 3. The molecule has 5 heteroatoms. The lowest BCUT2D eigenvalue weighted by Gasteiger charge is -2.09. The van der Waals surface area contributed by atoms with E-state index in [-0.39, 0.29) is 0 Å². The van der Waals surface area contributed by atoms with Gasteiger partial charge in [0.2, 0.25) is 0 Å². The molecule has 0 atom stereocenters. The zero-order valence-electron chi connectivity index (χ0n) is 9.62. The summed E-state index contributed by atoms with van der Waals surface area (Å²) in [6.45, 7) is 1.79. The summed E-state index contributed by atoms with van der Waals surface area (Å²) < 4.78 is 37.7. The third-order valence-electron chi connectivity index (χ3n) is 2.62. The molecular formula is C13H11F3N2. The van der Waals surface area contributed by atoms with Crippen molar-refractivity contribution in [1.29, 1.82) is 0 Å². The molecule has 2 aromatic rings. The van der Waals surface area contributed by atoms with E-state index >= 15 is 0 Å². The minimum Gasteiger partial charge on any atom is -0.383 e. The Labute approximate surface area is 102 Å². The maximum Gasteiger partial charge on any atom is 0.416 e. The van der Waals surface area contributed by atoms with Crippen LogP contribution in [0.1, 0.15) is 11.1 Å². The predicted molar refractivity (Wildman–Crippen MR) is 63.8 cm³/mol. The van der Waals surface area contributed by atoms with E-state index in [0.717, 1.165) is 17.7 Å². The number of pyridine rings is 1. The Morgan fingerprint density at radius 2 is 1.83 bits per heavy atom. The molecule has 18 heavy (non-hydrogen) atoms. The van der Waals surface area contributed by atoms with E-state index in [9.17, 15) is 13.2 Å². The summed E-state index contributed by atoms with van der Waals surface area (Å²) in [6, 6.07) is 8.42. The monoisotopic (exact) mass is 252 g/mol. The van der Waals surface area contributed by atoms with Crippen LogP contribution in [0.5, 0.6) is 0 Å². The van der Waals surface area contributed by atoms with Crippen molar-refractivity contribution < 1.29 is 13.2 Å². The molecular weight excluding hydrogens is 241 g/mol. The Hall–Kier alpha value is -2.04. The van der Waals surface area contributed by atoms with Crippen molar-refractivity contribution in [3.63, 3.8) is 0 Å². The fourth-order valence-electron chi connectivity index (χ4n) is 1.56. The SMILES string of the molecule is Cc1ccc(-c2cccc(C(F)(F)F)c2)nc1N. The number of aryl methyl sites for hydroxylation is 1. The van der Waals surface area contributed by atoms with Crippen LogP contribution in [0, 0.1) is 6.92 Å². The summed E-state index contributed by atoms with van der Waals surface area (Å²) in [5.41, 5.74) is 6.59. The van der Waals surface area contributed by atoms with E-state index in [1.54, 1.807) is 25.1 Å². The fraction of sp³-hybridized carbons (Fsp3) is 0.154. The molecule has 2 rings (SSSR count). The van der Waals surface area contributed by atoms with Crippen LogP contribution in [-0.4, -0.2) is 4.98 Å². The highest BCUT2D eigenvalue weighted by Crippen LogP contribution is 2.31.